The number of azide groups is 1. The number of carbonyl (C=O) groups excluding carboxylic acids is 2. The Morgan fingerprint density at radius 1 is 1.28 bits per heavy atom. The fourth-order valence-electron chi connectivity index (χ4n) is 2.77. The van der Waals surface area contributed by atoms with Crippen molar-refractivity contribution in [3.8, 4) is 0 Å². The topological polar surface area (TPSA) is 151 Å². The van der Waals surface area contributed by atoms with E-state index in [0.29, 0.717) is 0 Å². The van der Waals surface area contributed by atoms with Crippen LogP contribution in [0.4, 0.5) is 0 Å². The second kappa shape index (κ2) is 11.6. The Morgan fingerprint density at radius 2 is 2.00 bits per heavy atom. The van der Waals surface area contributed by atoms with Gasteiger partial charge in [-0.1, -0.05) is 35.1 Å². The summed E-state index contributed by atoms with van der Waals surface area (Å²) in [6, 6.07) is 9.14. The van der Waals surface area contributed by atoms with Crippen molar-refractivity contribution >= 4 is 23.7 Å². The van der Waals surface area contributed by atoms with E-state index in [1.807, 2.05) is 30.3 Å². The predicted octanol–water partition coefficient (Wildman–Crippen LogP) is 1.79. The van der Waals surface area contributed by atoms with Crippen LogP contribution in [-0.4, -0.2) is 65.2 Å². The first-order valence-electron chi connectivity index (χ1n) is 9.00. The summed E-state index contributed by atoms with van der Waals surface area (Å²) in [6.45, 7) is 0.809. The quantitative estimate of drug-likeness (QED) is 0.200. The molecule has 0 aliphatic carbocycles. The lowest BCUT2D eigenvalue weighted by atomic mass is 9.99. The summed E-state index contributed by atoms with van der Waals surface area (Å²) >= 11 is 1.22. The molecule has 0 aromatic heterocycles. The van der Waals surface area contributed by atoms with Crippen molar-refractivity contribution in [2.75, 3.05) is 13.2 Å². The Kier molecular flexibility index (Phi) is 9.23. The van der Waals surface area contributed by atoms with Crippen LogP contribution in [0.5, 0.6) is 0 Å². The van der Waals surface area contributed by atoms with E-state index in [-0.39, 0.29) is 19.4 Å². The van der Waals surface area contributed by atoms with E-state index < -0.39 is 48.4 Å². The molecule has 1 saturated heterocycles. The van der Waals surface area contributed by atoms with Gasteiger partial charge < -0.3 is 24.4 Å². The Morgan fingerprint density at radius 3 is 2.62 bits per heavy atom. The van der Waals surface area contributed by atoms with E-state index in [1.54, 1.807) is 0 Å². The number of ether oxygens (including phenoxy) is 3. The molecule has 0 saturated carbocycles. The molecule has 1 heterocycles. The highest BCUT2D eigenvalue weighted by Crippen LogP contribution is 2.36. The monoisotopic (exact) mass is 425 g/mol. The van der Waals surface area contributed by atoms with E-state index in [4.69, 9.17) is 19.7 Å². The van der Waals surface area contributed by atoms with Crippen molar-refractivity contribution in [3.63, 3.8) is 0 Å². The average molecular weight is 425 g/mol. The Bertz CT molecular complexity index is 729. The third kappa shape index (κ3) is 6.91. The molecule has 0 amide bonds. The zero-order chi connectivity index (χ0) is 21.2. The van der Waals surface area contributed by atoms with Crippen LogP contribution in [0.15, 0.2) is 40.3 Å². The van der Waals surface area contributed by atoms with Gasteiger partial charge in [0, 0.05) is 29.7 Å². The molecule has 29 heavy (non-hydrogen) atoms. The second-order valence-corrected chi connectivity index (χ2v) is 7.41. The number of carbonyl (C=O) groups is 2. The van der Waals surface area contributed by atoms with E-state index >= 15 is 0 Å². The molecule has 0 spiro atoms. The molecule has 0 unspecified atom stereocenters. The number of esters is 2. The summed E-state index contributed by atoms with van der Waals surface area (Å²) < 4.78 is 16.5. The third-order valence-electron chi connectivity index (χ3n) is 4.07. The predicted molar refractivity (Wildman–Crippen MR) is 103 cm³/mol. The van der Waals surface area contributed by atoms with Crippen LogP contribution in [0.1, 0.15) is 19.8 Å². The first-order valence-corrected chi connectivity index (χ1v) is 9.88. The van der Waals surface area contributed by atoms with Gasteiger partial charge in [0.15, 0.2) is 12.2 Å². The second-order valence-electron chi connectivity index (χ2n) is 6.23. The van der Waals surface area contributed by atoms with Gasteiger partial charge >= 0.3 is 11.9 Å². The Labute approximate surface area is 171 Å². The molecule has 0 radical (unpaired) electrons. The highest BCUT2D eigenvalue weighted by Gasteiger charge is 2.49. The van der Waals surface area contributed by atoms with E-state index in [1.165, 1.54) is 18.7 Å². The molecule has 1 fully saturated rings. The van der Waals surface area contributed by atoms with E-state index in [2.05, 4.69) is 10.0 Å². The molecule has 10 nitrogen and oxygen atoms in total. The summed E-state index contributed by atoms with van der Waals surface area (Å²) in [4.78, 5) is 27.2. The normalized spacial score (nSPS) is 26.2. The molecule has 0 bridgehead atoms. The van der Waals surface area contributed by atoms with Crippen molar-refractivity contribution in [1.29, 1.82) is 0 Å². The fourth-order valence-corrected chi connectivity index (χ4v) is 3.90. The molecule has 1 aliphatic rings. The van der Waals surface area contributed by atoms with Gasteiger partial charge in [-0.2, -0.15) is 0 Å². The largest absolute Gasteiger partial charge is 0.456 e. The van der Waals surface area contributed by atoms with Gasteiger partial charge in [-0.05, 0) is 24.1 Å². The molecular formula is C18H23N3O7S. The van der Waals surface area contributed by atoms with Crippen molar-refractivity contribution in [1.82, 2.24) is 0 Å². The maximum absolute atomic E-state index is 12.3. The van der Waals surface area contributed by atoms with Crippen LogP contribution in [0, 0.1) is 0 Å². The number of thioether (sulfide) groups is 1. The number of aliphatic hydroxyl groups is 2. The van der Waals surface area contributed by atoms with Gasteiger partial charge in [-0.3, -0.25) is 9.59 Å². The summed E-state index contributed by atoms with van der Waals surface area (Å²) in [5, 5.41) is 23.4. The molecule has 2 N–H and O–H groups in total. The maximum atomic E-state index is 12.3. The van der Waals surface area contributed by atoms with E-state index in [0.717, 1.165) is 4.90 Å². The van der Waals surface area contributed by atoms with Crippen LogP contribution in [0.25, 0.3) is 10.4 Å². The SMILES string of the molecule is CC(=O)O[C@H]1[C@H](O)[C@@H](CO)O[C@@H](Sc2ccccc2)[C@@H]1OC(=O)CCCN=[N+]=[N-]. The van der Waals surface area contributed by atoms with Crippen LogP contribution in [0.3, 0.4) is 0 Å². The zero-order valence-electron chi connectivity index (χ0n) is 15.8. The first-order chi connectivity index (χ1) is 14.0. The molecule has 1 aliphatic heterocycles. The lowest BCUT2D eigenvalue weighted by molar-refractivity contribution is -0.229. The number of hydrogen-bond acceptors (Lipinski definition) is 9. The smallest absolute Gasteiger partial charge is 0.306 e. The minimum atomic E-state index is -1.38. The summed E-state index contributed by atoms with van der Waals surface area (Å²) in [5.74, 6) is -1.28. The number of rotatable bonds is 9. The minimum absolute atomic E-state index is 0.0233. The van der Waals surface area contributed by atoms with Crippen LogP contribution >= 0.6 is 11.8 Å². The summed E-state index contributed by atoms with van der Waals surface area (Å²) in [6.07, 6.45) is -4.44. The Hall–Kier alpha value is -2.30. The standard InChI is InChI=1S/C18H23N3O7S/c1-11(23)26-16-15(25)13(10-22)27-18(29-12-6-3-2-4-7-12)17(16)28-14(24)8-5-9-20-21-19/h2-4,6-7,13,15-18,22,25H,5,8-10H2,1H3/t13-,15-,16+,17-,18+/m1/s1. The van der Waals surface area contributed by atoms with Gasteiger partial charge in [-0.25, -0.2) is 0 Å². The van der Waals surface area contributed by atoms with Crippen molar-refractivity contribution in [2.24, 2.45) is 5.11 Å². The van der Waals surface area contributed by atoms with Gasteiger partial charge in [0.25, 0.3) is 0 Å². The summed E-state index contributed by atoms with van der Waals surface area (Å²) in [5.41, 5.74) is 7.46. The number of benzene rings is 1. The van der Waals surface area contributed by atoms with Crippen molar-refractivity contribution in [3.05, 3.63) is 40.8 Å². The van der Waals surface area contributed by atoms with E-state index in [9.17, 15) is 19.8 Å². The van der Waals surface area contributed by atoms with Gasteiger partial charge in [0.1, 0.15) is 17.6 Å². The lowest BCUT2D eigenvalue weighted by Gasteiger charge is -2.42. The number of hydrogen-bond donors (Lipinski definition) is 2. The lowest BCUT2D eigenvalue weighted by Crippen LogP contribution is -2.60. The average Bonchev–Trinajstić information content (AvgIpc) is 2.70. The highest BCUT2D eigenvalue weighted by molar-refractivity contribution is 7.99. The maximum Gasteiger partial charge on any atom is 0.306 e. The molecule has 158 valence electrons. The molecule has 5 atom stereocenters. The fraction of sp³-hybridized carbons (Fsp3) is 0.556. The van der Waals surface area contributed by atoms with Gasteiger partial charge in [0.2, 0.25) is 0 Å². The van der Waals surface area contributed by atoms with Crippen LogP contribution in [0.2, 0.25) is 0 Å². The highest BCUT2D eigenvalue weighted by atomic mass is 32.2. The van der Waals surface area contributed by atoms with Gasteiger partial charge in [0.05, 0.1) is 6.61 Å². The molecule has 11 heteroatoms. The summed E-state index contributed by atoms with van der Waals surface area (Å²) in [7, 11) is 0. The van der Waals surface area contributed by atoms with Crippen molar-refractivity contribution < 1.29 is 34.0 Å². The van der Waals surface area contributed by atoms with Gasteiger partial charge in [-0.15, -0.1) is 0 Å². The minimum Gasteiger partial charge on any atom is -0.456 e. The number of aliphatic hydroxyl groups excluding tert-OH is 2. The van der Waals surface area contributed by atoms with Crippen molar-refractivity contribution in [2.45, 2.75) is 54.5 Å². The molecular weight excluding hydrogens is 402 g/mol. The molecule has 1 aromatic rings. The molecule has 2 rings (SSSR count). The Balaban J connectivity index is 2.21. The zero-order valence-corrected chi connectivity index (χ0v) is 16.6. The van der Waals surface area contributed by atoms with Crippen LogP contribution < -0.4 is 0 Å². The first kappa shape index (κ1) is 23.0. The van der Waals surface area contributed by atoms with Crippen LogP contribution in [-0.2, 0) is 23.8 Å². The third-order valence-corrected chi connectivity index (χ3v) is 5.22. The number of nitrogens with zero attached hydrogens (tertiary/aromatic N) is 3. The molecule has 1 aromatic carbocycles.